The lowest BCUT2D eigenvalue weighted by Crippen LogP contribution is -2.51. The predicted molar refractivity (Wildman–Crippen MR) is 79.2 cm³/mol. The monoisotopic (exact) mass is 298 g/mol. The van der Waals surface area contributed by atoms with E-state index in [-0.39, 0.29) is 12.1 Å². The first-order valence-corrected chi connectivity index (χ1v) is 7.59. The van der Waals surface area contributed by atoms with Gasteiger partial charge in [0.05, 0.1) is 6.04 Å². The summed E-state index contributed by atoms with van der Waals surface area (Å²) < 4.78 is 5.24. The Balaban J connectivity index is 1.77. The Morgan fingerprint density at radius 3 is 2.43 bits per heavy atom. The molecule has 2 aliphatic rings. The van der Waals surface area contributed by atoms with Crippen molar-refractivity contribution < 1.29 is 14.3 Å². The normalized spacial score (nSPS) is 23.1. The molecule has 1 atom stereocenters. The lowest BCUT2D eigenvalue weighted by atomic mass is 10.2. The van der Waals surface area contributed by atoms with Gasteiger partial charge in [0.1, 0.15) is 5.60 Å². The van der Waals surface area contributed by atoms with E-state index >= 15 is 0 Å². The molecule has 0 saturated carbocycles. The number of piperazine rings is 1. The van der Waals surface area contributed by atoms with E-state index in [1.165, 1.54) is 0 Å². The standard InChI is InChI=1S/C14H26N4O3/c1-14(2,3)21-12(19)16-11-4-7-18(10-11)13(20)17-8-5-15-6-9-17/h11,15H,4-10H2,1-3H3,(H,16,19). The molecule has 2 rings (SSSR count). The first-order valence-electron chi connectivity index (χ1n) is 7.59. The highest BCUT2D eigenvalue weighted by molar-refractivity contribution is 5.75. The van der Waals surface area contributed by atoms with Gasteiger partial charge in [-0.3, -0.25) is 0 Å². The van der Waals surface area contributed by atoms with Crippen molar-refractivity contribution in [1.29, 1.82) is 0 Å². The minimum Gasteiger partial charge on any atom is -0.444 e. The molecule has 3 amide bonds. The summed E-state index contributed by atoms with van der Waals surface area (Å²) in [5, 5.41) is 6.07. The van der Waals surface area contributed by atoms with Crippen molar-refractivity contribution in [3.8, 4) is 0 Å². The van der Waals surface area contributed by atoms with Crippen LogP contribution in [0.3, 0.4) is 0 Å². The van der Waals surface area contributed by atoms with Gasteiger partial charge in [0.25, 0.3) is 0 Å². The topological polar surface area (TPSA) is 73.9 Å². The van der Waals surface area contributed by atoms with Crippen molar-refractivity contribution in [3.05, 3.63) is 0 Å². The Bertz CT molecular complexity index is 388. The molecule has 0 aromatic heterocycles. The van der Waals surface area contributed by atoms with Crippen LogP contribution in [0.1, 0.15) is 27.2 Å². The number of nitrogens with zero attached hydrogens (tertiary/aromatic N) is 2. The van der Waals surface area contributed by atoms with E-state index in [0.29, 0.717) is 13.1 Å². The van der Waals surface area contributed by atoms with Gasteiger partial charge in [-0.05, 0) is 27.2 Å². The minimum atomic E-state index is -0.501. The number of alkyl carbamates (subject to hydrolysis) is 1. The number of hydrogen-bond donors (Lipinski definition) is 2. The molecule has 2 aliphatic heterocycles. The zero-order valence-corrected chi connectivity index (χ0v) is 13.1. The second-order valence-corrected chi connectivity index (χ2v) is 6.60. The van der Waals surface area contributed by atoms with Crippen LogP contribution in [0, 0.1) is 0 Å². The molecule has 2 saturated heterocycles. The Labute approximate surface area is 126 Å². The first-order chi connectivity index (χ1) is 9.85. The van der Waals surface area contributed by atoms with Gasteiger partial charge in [0.15, 0.2) is 0 Å². The molecule has 2 N–H and O–H groups in total. The lowest BCUT2D eigenvalue weighted by molar-refractivity contribution is 0.0505. The Hall–Kier alpha value is -1.50. The average Bonchev–Trinajstić information content (AvgIpc) is 2.85. The number of rotatable bonds is 1. The van der Waals surface area contributed by atoms with E-state index in [1.54, 1.807) is 0 Å². The maximum Gasteiger partial charge on any atom is 0.407 e. The van der Waals surface area contributed by atoms with Crippen molar-refractivity contribution in [1.82, 2.24) is 20.4 Å². The summed E-state index contributed by atoms with van der Waals surface area (Å²) in [6.45, 7) is 9.94. The molecule has 0 spiro atoms. The molecule has 2 heterocycles. The van der Waals surface area contributed by atoms with Crippen LogP contribution in [0.5, 0.6) is 0 Å². The molecule has 1 unspecified atom stereocenters. The summed E-state index contributed by atoms with van der Waals surface area (Å²) in [6, 6.07) is 0.0525. The van der Waals surface area contributed by atoms with Gasteiger partial charge < -0.3 is 25.2 Å². The van der Waals surface area contributed by atoms with Crippen LogP contribution in [0.2, 0.25) is 0 Å². The molecule has 0 aliphatic carbocycles. The molecule has 0 aromatic rings. The van der Waals surface area contributed by atoms with E-state index in [9.17, 15) is 9.59 Å². The first kappa shape index (κ1) is 15.9. The van der Waals surface area contributed by atoms with Crippen molar-refractivity contribution >= 4 is 12.1 Å². The van der Waals surface area contributed by atoms with Gasteiger partial charge in [-0.2, -0.15) is 0 Å². The van der Waals surface area contributed by atoms with E-state index < -0.39 is 11.7 Å². The highest BCUT2D eigenvalue weighted by Crippen LogP contribution is 2.14. The number of likely N-dealkylation sites (tertiary alicyclic amines) is 1. The molecule has 120 valence electrons. The molecular formula is C14H26N4O3. The largest absolute Gasteiger partial charge is 0.444 e. The highest BCUT2D eigenvalue weighted by atomic mass is 16.6. The Kier molecular flexibility index (Phi) is 4.92. The maximum absolute atomic E-state index is 12.3. The van der Waals surface area contributed by atoms with E-state index in [4.69, 9.17) is 4.74 Å². The molecule has 0 aromatic carbocycles. The predicted octanol–water partition coefficient (Wildman–Crippen LogP) is 0.611. The van der Waals surface area contributed by atoms with E-state index in [0.717, 1.165) is 32.6 Å². The molecule has 2 fully saturated rings. The summed E-state index contributed by atoms with van der Waals surface area (Å²) in [5.41, 5.74) is -0.501. The Morgan fingerprint density at radius 2 is 1.81 bits per heavy atom. The van der Waals surface area contributed by atoms with Crippen LogP contribution in [0.15, 0.2) is 0 Å². The van der Waals surface area contributed by atoms with Gasteiger partial charge in [0.2, 0.25) is 0 Å². The van der Waals surface area contributed by atoms with Gasteiger partial charge in [-0.15, -0.1) is 0 Å². The number of carbonyl (C=O) groups excluding carboxylic acids is 2. The van der Waals surface area contributed by atoms with Gasteiger partial charge in [-0.25, -0.2) is 9.59 Å². The number of urea groups is 1. The fraction of sp³-hybridized carbons (Fsp3) is 0.857. The molecular weight excluding hydrogens is 272 g/mol. The fourth-order valence-corrected chi connectivity index (χ4v) is 2.58. The number of carbonyl (C=O) groups is 2. The lowest BCUT2D eigenvalue weighted by Gasteiger charge is -2.31. The van der Waals surface area contributed by atoms with Crippen LogP contribution in [0.25, 0.3) is 0 Å². The summed E-state index contributed by atoms with van der Waals surface area (Å²) in [6.07, 6.45) is 0.362. The second-order valence-electron chi connectivity index (χ2n) is 6.60. The fourth-order valence-electron chi connectivity index (χ4n) is 2.58. The van der Waals surface area contributed by atoms with Crippen LogP contribution >= 0.6 is 0 Å². The van der Waals surface area contributed by atoms with E-state index in [1.807, 2.05) is 30.6 Å². The molecule has 7 heteroatoms. The zero-order chi connectivity index (χ0) is 15.5. The molecule has 21 heavy (non-hydrogen) atoms. The third kappa shape index (κ3) is 4.77. The summed E-state index contributed by atoms with van der Waals surface area (Å²) in [4.78, 5) is 27.8. The van der Waals surface area contributed by atoms with Gasteiger partial charge >= 0.3 is 12.1 Å². The van der Waals surface area contributed by atoms with E-state index in [2.05, 4.69) is 10.6 Å². The SMILES string of the molecule is CC(C)(C)OC(=O)NC1CCN(C(=O)N2CCNCC2)C1. The van der Waals surface area contributed by atoms with Crippen molar-refractivity contribution in [2.24, 2.45) is 0 Å². The van der Waals surface area contributed by atoms with Crippen LogP contribution in [0.4, 0.5) is 9.59 Å². The molecule has 7 nitrogen and oxygen atoms in total. The summed E-state index contributed by atoms with van der Waals surface area (Å²) >= 11 is 0. The third-order valence-corrected chi connectivity index (χ3v) is 3.57. The van der Waals surface area contributed by atoms with Gasteiger partial charge in [0, 0.05) is 39.3 Å². The van der Waals surface area contributed by atoms with Crippen LogP contribution in [-0.2, 0) is 4.74 Å². The quantitative estimate of drug-likeness (QED) is 0.744. The van der Waals surface area contributed by atoms with Crippen LogP contribution < -0.4 is 10.6 Å². The molecule has 0 radical (unpaired) electrons. The number of ether oxygens (including phenoxy) is 1. The molecule has 0 bridgehead atoms. The third-order valence-electron chi connectivity index (χ3n) is 3.57. The minimum absolute atomic E-state index is 0.0216. The number of amides is 3. The summed E-state index contributed by atoms with van der Waals surface area (Å²) in [7, 11) is 0. The Morgan fingerprint density at radius 1 is 1.14 bits per heavy atom. The number of hydrogen-bond acceptors (Lipinski definition) is 4. The maximum atomic E-state index is 12.3. The summed E-state index contributed by atoms with van der Waals surface area (Å²) in [5.74, 6) is 0. The van der Waals surface area contributed by atoms with Crippen molar-refractivity contribution in [3.63, 3.8) is 0 Å². The highest BCUT2D eigenvalue weighted by Gasteiger charge is 2.31. The smallest absolute Gasteiger partial charge is 0.407 e. The second kappa shape index (κ2) is 6.51. The van der Waals surface area contributed by atoms with Crippen LogP contribution in [-0.4, -0.2) is 72.8 Å². The van der Waals surface area contributed by atoms with Gasteiger partial charge in [-0.1, -0.05) is 0 Å². The van der Waals surface area contributed by atoms with Crippen molar-refractivity contribution in [2.75, 3.05) is 39.3 Å². The van der Waals surface area contributed by atoms with Crippen molar-refractivity contribution in [2.45, 2.75) is 38.8 Å². The zero-order valence-electron chi connectivity index (χ0n) is 13.1. The number of nitrogens with one attached hydrogen (secondary N) is 2. The average molecular weight is 298 g/mol.